The third kappa shape index (κ3) is 4.52. The van der Waals surface area contributed by atoms with Gasteiger partial charge in [-0.25, -0.2) is 0 Å². The zero-order valence-electron chi connectivity index (χ0n) is 15.5. The molecule has 0 saturated heterocycles. The Labute approximate surface area is 173 Å². The molecular formula is C24H18N2O2S. The summed E-state index contributed by atoms with van der Waals surface area (Å²) in [6.07, 6.45) is 1.71. The average molecular weight is 398 g/mol. The molecule has 0 aliphatic heterocycles. The van der Waals surface area contributed by atoms with Crippen LogP contribution in [0, 0.1) is 0 Å². The molecule has 0 aliphatic carbocycles. The third-order valence-corrected chi connectivity index (χ3v) is 5.44. The maximum absolute atomic E-state index is 12.8. The summed E-state index contributed by atoms with van der Waals surface area (Å²) in [7, 11) is 0. The summed E-state index contributed by atoms with van der Waals surface area (Å²) >= 11 is 1.42. The molecule has 0 fully saturated rings. The zero-order valence-corrected chi connectivity index (χ0v) is 16.4. The van der Waals surface area contributed by atoms with Crippen molar-refractivity contribution in [2.24, 2.45) is 0 Å². The van der Waals surface area contributed by atoms with Crippen LogP contribution in [0.5, 0.6) is 0 Å². The number of pyridine rings is 1. The summed E-state index contributed by atoms with van der Waals surface area (Å²) < 4.78 is 0. The highest BCUT2D eigenvalue weighted by atomic mass is 32.2. The number of para-hydroxylation sites is 1. The number of carbonyl (C=O) groups excluding carboxylic acids is 2. The molecule has 4 rings (SSSR count). The molecular weight excluding hydrogens is 380 g/mol. The fraction of sp³-hybridized carbons (Fsp3) is 0.0417. The van der Waals surface area contributed by atoms with E-state index in [1.807, 2.05) is 72.8 Å². The lowest BCUT2D eigenvalue weighted by atomic mass is 10.1. The Kier molecular flexibility index (Phi) is 5.68. The van der Waals surface area contributed by atoms with Crippen LogP contribution in [0.25, 0.3) is 10.9 Å². The molecule has 4 nitrogen and oxygen atoms in total. The van der Waals surface area contributed by atoms with E-state index in [9.17, 15) is 9.59 Å². The van der Waals surface area contributed by atoms with Crippen molar-refractivity contribution in [1.29, 1.82) is 0 Å². The number of hydrogen-bond donors (Lipinski definition) is 1. The largest absolute Gasteiger partial charge is 0.320 e. The zero-order chi connectivity index (χ0) is 20.1. The van der Waals surface area contributed by atoms with E-state index in [1.165, 1.54) is 11.8 Å². The highest BCUT2D eigenvalue weighted by molar-refractivity contribution is 8.00. The fourth-order valence-electron chi connectivity index (χ4n) is 2.98. The predicted molar refractivity (Wildman–Crippen MR) is 118 cm³/mol. The summed E-state index contributed by atoms with van der Waals surface area (Å²) in [5.41, 5.74) is 2.65. The second-order valence-corrected chi connectivity index (χ2v) is 7.49. The van der Waals surface area contributed by atoms with Gasteiger partial charge in [0.2, 0.25) is 0 Å². The second kappa shape index (κ2) is 8.71. The van der Waals surface area contributed by atoms with Crippen LogP contribution < -0.4 is 5.32 Å². The van der Waals surface area contributed by atoms with E-state index in [1.54, 1.807) is 18.3 Å². The molecule has 5 heteroatoms. The second-order valence-electron chi connectivity index (χ2n) is 6.44. The summed E-state index contributed by atoms with van der Waals surface area (Å²) in [6.45, 7) is 0. The van der Waals surface area contributed by atoms with Gasteiger partial charge in [-0.05, 0) is 30.3 Å². The van der Waals surface area contributed by atoms with Crippen LogP contribution in [0.3, 0.4) is 0 Å². The number of nitrogens with one attached hydrogen (secondary N) is 1. The molecule has 0 spiro atoms. The lowest BCUT2D eigenvalue weighted by Crippen LogP contribution is -2.12. The third-order valence-electron chi connectivity index (χ3n) is 4.44. The van der Waals surface area contributed by atoms with Gasteiger partial charge in [0.15, 0.2) is 5.78 Å². The molecule has 1 amide bonds. The van der Waals surface area contributed by atoms with Gasteiger partial charge in [0, 0.05) is 27.6 Å². The van der Waals surface area contributed by atoms with E-state index in [2.05, 4.69) is 10.3 Å². The van der Waals surface area contributed by atoms with E-state index in [-0.39, 0.29) is 11.7 Å². The number of rotatable bonds is 6. The smallest absolute Gasteiger partial charge is 0.255 e. The van der Waals surface area contributed by atoms with Gasteiger partial charge >= 0.3 is 0 Å². The van der Waals surface area contributed by atoms with Crippen molar-refractivity contribution in [3.05, 3.63) is 102 Å². The van der Waals surface area contributed by atoms with E-state index in [0.29, 0.717) is 22.6 Å². The lowest BCUT2D eigenvalue weighted by molar-refractivity contribution is 0.101. The van der Waals surface area contributed by atoms with Crippen molar-refractivity contribution in [3.8, 4) is 0 Å². The van der Waals surface area contributed by atoms with Crippen molar-refractivity contribution in [2.45, 2.75) is 4.90 Å². The maximum Gasteiger partial charge on any atom is 0.255 e. The van der Waals surface area contributed by atoms with E-state index < -0.39 is 0 Å². The fourth-order valence-corrected chi connectivity index (χ4v) is 3.83. The van der Waals surface area contributed by atoms with Gasteiger partial charge in [-0.1, -0.05) is 54.6 Å². The molecule has 1 aromatic heterocycles. The number of thioether (sulfide) groups is 1. The summed E-state index contributed by atoms with van der Waals surface area (Å²) in [4.78, 5) is 30.3. The first-order chi connectivity index (χ1) is 14.2. The molecule has 142 valence electrons. The Hall–Kier alpha value is -3.44. The van der Waals surface area contributed by atoms with E-state index in [0.717, 1.165) is 15.8 Å². The number of benzene rings is 3. The normalized spacial score (nSPS) is 10.6. The quantitative estimate of drug-likeness (QED) is 0.346. The molecule has 0 radical (unpaired) electrons. The minimum atomic E-state index is -0.208. The number of nitrogens with zero attached hydrogens (tertiary/aromatic N) is 1. The SMILES string of the molecule is O=C(CSc1cccc(C(=O)Nc2cccc3cccnc23)c1)c1ccccc1. The first kappa shape index (κ1) is 18.9. The molecule has 4 aromatic rings. The van der Waals surface area contributed by atoms with Crippen LogP contribution in [0.4, 0.5) is 5.69 Å². The first-order valence-electron chi connectivity index (χ1n) is 9.17. The minimum Gasteiger partial charge on any atom is -0.320 e. The Bertz CT molecular complexity index is 1170. The number of hydrogen-bond acceptors (Lipinski definition) is 4. The Morgan fingerprint density at radius 1 is 0.828 bits per heavy atom. The molecule has 0 saturated carbocycles. The number of anilines is 1. The molecule has 1 N–H and O–H groups in total. The summed E-state index contributed by atoms with van der Waals surface area (Å²) in [5.74, 6) is 0.176. The molecule has 0 aliphatic rings. The average Bonchev–Trinajstić information content (AvgIpc) is 2.78. The van der Waals surface area contributed by atoms with Crippen molar-refractivity contribution in [2.75, 3.05) is 11.1 Å². The molecule has 0 unspecified atom stereocenters. The minimum absolute atomic E-state index is 0.0623. The summed E-state index contributed by atoms with van der Waals surface area (Å²) in [6, 6.07) is 26.0. The van der Waals surface area contributed by atoms with Crippen molar-refractivity contribution >= 4 is 40.0 Å². The van der Waals surface area contributed by atoms with Gasteiger partial charge in [0.05, 0.1) is 17.0 Å². The summed E-state index contributed by atoms with van der Waals surface area (Å²) in [5, 5.41) is 3.91. The van der Waals surface area contributed by atoms with Gasteiger partial charge < -0.3 is 5.32 Å². The lowest BCUT2D eigenvalue weighted by Gasteiger charge is -2.09. The standard InChI is InChI=1S/C24H18N2O2S/c27-22(17-7-2-1-3-8-17)16-29-20-12-4-10-19(15-20)24(28)26-21-13-5-9-18-11-6-14-25-23(18)21/h1-15H,16H2,(H,26,28). The molecule has 29 heavy (non-hydrogen) atoms. The number of amides is 1. The van der Waals surface area contributed by atoms with E-state index in [4.69, 9.17) is 0 Å². The predicted octanol–water partition coefficient (Wildman–Crippen LogP) is 5.46. The van der Waals surface area contributed by atoms with Crippen molar-refractivity contribution in [1.82, 2.24) is 4.98 Å². The van der Waals surface area contributed by atoms with Crippen LogP contribution in [-0.2, 0) is 0 Å². The van der Waals surface area contributed by atoms with Gasteiger partial charge in [-0.2, -0.15) is 0 Å². The highest BCUT2D eigenvalue weighted by Crippen LogP contribution is 2.23. The van der Waals surface area contributed by atoms with Gasteiger partial charge in [-0.15, -0.1) is 11.8 Å². The number of Topliss-reactive ketones (excluding diaryl/α,β-unsaturated/α-hetero) is 1. The topological polar surface area (TPSA) is 59.1 Å². The van der Waals surface area contributed by atoms with Gasteiger partial charge in [0.1, 0.15) is 0 Å². The van der Waals surface area contributed by atoms with Crippen molar-refractivity contribution in [3.63, 3.8) is 0 Å². The Morgan fingerprint density at radius 2 is 1.59 bits per heavy atom. The Balaban J connectivity index is 1.46. The van der Waals surface area contributed by atoms with Gasteiger partial charge in [0.25, 0.3) is 5.91 Å². The molecule has 0 atom stereocenters. The number of ketones is 1. The van der Waals surface area contributed by atoms with Gasteiger partial charge in [-0.3, -0.25) is 14.6 Å². The molecule has 3 aromatic carbocycles. The number of fused-ring (bicyclic) bond motifs is 1. The highest BCUT2D eigenvalue weighted by Gasteiger charge is 2.11. The Morgan fingerprint density at radius 3 is 2.45 bits per heavy atom. The number of aromatic nitrogens is 1. The monoisotopic (exact) mass is 398 g/mol. The maximum atomic E-state index is 12.8. The van der Waals surface area contributed by atoms with Crippen LogP contribution >= 0.6 is 11.8 Å². The van der Waals surface area contributed by atoms with Crippen LogP contribution in [0.15, 0.2) is 96.0 Å². The number of carbonyl (C=O) groups is 2. The molecule has 1 heterocycles. The molecule has 0 bridgehead atoms. The van der Waals surface area contributed by atoms with E-state index >= 15 is 0 Å². The van der Waals surface area contributed by atoms with Crippen LogP contribution in [0.1, 0.15) is 20.7 Å². The first-order valence-corrected chi connectivity index (χ1v) is 10.2. The van der Waals surface area contributed by atoms with Crippen LogP contribution in [0.2, 0.25) is 0 Å². The van der Waals surface area contributed by atoms with Crippen LogP contribution in [-0.4, -0.2) is 22.4 Å². The van der Waals surface area contributed by atoms with Crippen molar-refractivity contribution < 1.29 is 9.59 Å².